The summed E-state index contributed by atoms with van der Waals surface area (Å²) in [7, 11) is 0. The summed E-state index contributed by atoms with van der Waals surface area (Å²) < 4.78 is 0. The summed E-state index contributed by atoms with van der Waals surface area (Å²) in [6, 6.07) is 14.7. The third-order valence-electron chi connectivity index (χ3n) is 4.90. The Morgan fingerprint density at radius 3 is 2.28 bits per heavy atom. The van der Waals surface area contributed by atoms with Crippen molar-refractivity contribution < 1.29 is 14.4 Å². The molecule has 2 aliphatic heterocycles. The molecule has 2 aliphatic rings. The standard InChI is InChI=1S/C20H18N2O3/c1-13-12-14-6-2-5-9-17(14)22(13)18(23)10-11-21-19(24)15-7-3-4-8-16(15)20(21)25/h2-9,13H,10-12H2,1H3/t13-/m0/s1. The molecule has 0 aliphatic carbocycles. The van der Waals surface area contributed by atoms with Crippen LogP contribution in [-0.2, 0) is 11.2 Å². The molecule has 0 bridgehead atoms. The number of anilines is 1. The number of hydrogen-bond donors (Lipinski definition) is 0. The fraction of sp³-hybridized carbons (Fsp3) is 0.250. The van der Waals surface area contributed by atoms with Crippen LogP contribution in [0.5, 0.6) is 0 Å². The lowest BCUT2D eigenvalue weighted by atomic mass is 10.1. The molecule has 1 atom stereocenters. The second kappa shape index (κ2) is 5.84. The molecule has 0 fully saturated rings. The minimum Gasteiger partial charge on any atom is -0.309 e. The van der Waals surface area contributed by atoms with Crippen molar-refractivity contribution in [3.63, 3.8) is 0 Å². The van der Waals surface area contributed by atoms with Crippen molar-refractivity contribution in [2.45, 2.75) is 25.8 Å². The number of rotatable bonds is 3. The van der Waals surface area contributed by atoms with Crippen LogP contribution in [0, 0.1) is 0 Å². The van der Waals surface area contributed by atoms with Crippen LogP contribution in [0.3, 0.4) is 0 Å². The summed E-state index contributed by atoms with van der Waals surface area (Å²) in [4.78, 5) is 40.5. The van der Waals surface area contributed by atoms with Gasteiger partial charge in [0.05, 0.1) is 11.1 Å². The van der Waals surface area contributed by atoms with Gasteiger partial charge in [-0.2, -0.15) is 0 Å². The molecule has 2 aromatic carbocycles. The molecule has 5 nitrogen and oxygen atoms in total. The van der Waals surface area contributed by atoms with Gasteiger partial charge in [-0.1, -0.05) is 30.3 Å². The third kappa shape index (κ3) is 2.43. The molecular formula is C20H18N2O3. The van der Waals surface area contributed by atoms with E-state index < -0.39 is 0 Å². The predicted octanol–water partition coefficient (Wildman–Crippen LogP) is 2.65. The van der Waals surface area contributed by atoms with Gasteiger partial charge in [0, 0.05) is 24.7 Å². The van der Waals surface area contributed by atoms with Crippen molar-refractivity contribution >= 4 is 23.4 Å². The van der Waals surface area contributed by atoms with Gasteiger partial charge in [0.1, 0.15) is 0 Å². The first-order chi connectivity index (χ1) is 12.1. The zero-order chi connectivity index (χ0) is 17.6. The van der Waals surface area contributed by atoms with Gasteiger partial charge in [-0.3, -0.25) is 19.3 Å². The Kier molecular flexibility index (Phi) is 3.64. The van der Waals surface area contributed by atoms with E-state index >= 15 is 0 Å². The van der Waals surface area contributed by atoms with E-state index in [1.165, 1.54) is 4.90 Å². The molecule has 0 spiro atoms. The Balaban J connectivity index is 1.49. The molecule has 25 heavy (non-hydrogen) atoms. The Labute approximate surface area is 145 Å². The Morgan fingerprint density at radius 2 is 1.60 bits per heavy atom. The van der Waals surface area contributed by atoms with E-state index in [-0.39, 0.29) is 36.7 Å². The highest BCUT2D eigenvalue weighted by Gasteiger charge is 2.36. The molecule has 0 N–H and O–H groups in total. The highest BCUT2D eigenvalue weighted by atomic mass is 16.2. The number of imide groups is 1. The zero-order valence-corrected chi connectivity index (χ0v) is 13.9. The van der Waals surface area contributed by atoms with Crippen LogP contribution in [0.15, 0.2) is 48.5 Å². The lowest BCUT2D eigenvalue weighted by molar-refractivity contribution is -0.119. The molecule has 4 rings (SSSR count). The number of carbonyl (C=O) groups excluding carboxylic acids is 3. The predicted molar refractivity (Wildman–Crippen MR) is 93.5 cm³/mol. The zero-order valence-electron chi connectivity index (χ0n) is 13.9. The van der Waals surface area contributed by atoms with Crippen LogP contribution in [-0.4, -0.2) is 35.2 Å². The fourth-order valence-corrected chi connectivity index (χ4v) is 3.72. The van der Waals surface area contributed by atoms with Gasteiger partial charge < -0.3 is 4.90 Å². The van der Waals surface area contributed by atoms with Crippen LogP contribution >= 0.6 is 0 Å². The van der Waals surface area contributed by atoms with E-state index in [1.54, 1.807) is 29.2 Å². The lowest BCUT2D eigenvalue weighted by Gasteiger charge is -2.24. The van der Waals surface area contributed by atoms with Crippen LogP contribution in [0.2, 0.25) is 0 Å². The minimum atomic E-state index is -0.316. The number of nitrogens with zero attached hydrogens (tertiary/aromatic N) is 2. The van der Waals surface area contributed by atoms with Gasteiger partial charge in [0.15, 0.2) is 0 Å². The molecule has 126 valence electrons. The molecule has 0 saturated heterocycles. The molecule has 0 radical (unpaired) electrons. The van der Waals surface area contributed by atoms with Crippen molar-refractivity contribution in [2.75, 3.05) is 11.4 Å². The summed E-state index contributed by atoms with van der Waals surface area (Å²) in [6.07, 6.45) is 0.957. The second-order valence-corrected chi connectivity index (χ2v) is 6.50. The van der Waals surface area contributed by atoms with Crippen molar-refractivity contribution in [3.05, 3.63) is 65.2 Å². The molecule has 5 heteroatoms. The van der Waals surface area contributed by atoms with E-state index in [0.717, 1.165) is 17.7 Å². The van der Waals surface area contributed by atoms with Crippen molar-refractivity contribution in [3.8, 4) is 0 Å². The maximum atomic E-state index is 12.7. The number of hydrogen-bond acceptors (Lipinski definition) is 3. The molecule has 0 saturated carbocycles. The number of para-hydroxylation sites is 1. The molecule has 0 aromatic heterocycles. The molecule has 3 amide bonds. The number of amides is 3. The van der Waals surface area contributed by atoms with Crippen LogP contribution in [0.4, 0.5) is 5.69 Å². The molecule has 0 unspecified atom stereocenters. The number of benzene rings is 2. The summed E-state index contributed by atoms with van der Waals surface area (Å²) in [5, 5.41) is 0. The van der Waals surface area contributed by atoms with Crippen molar-refractivity contribution in [1.82, 2.24) is 4.90 Å². The Morgan fingerprint density at radius 1 is 1.00 bits per heavy atom. The van der Waals surface area contributed by atoms with E-state index in [0.29, 0.717) is 11.1 Å². The molecule has 2 aromatic rings. The van der Waals surface area contributed by atoms with Gasteiger partial charge in [0.25, 0.3) is 11.8 Å². The average Bonchev–Trinajstić information content (AvgIpc) is 3.08. The summed E-state index contributed by atoms with van der Waals surface area (Å²) in [5.74, 6) is -0.694. The van der Waals surface area contributed by atoms with Gasteiger partial charge in [-0.05, 0) is 37.1 Å². The lowest BCUT2D eigenvalue weighted by Crippen LogP contribution is -2.39. The smallest absolute Gasteiger partial charge is 0.261 e. The maximum absolute atomic E-state index is 12.7. The minimum absolute atomic E-state index is 0.0611. The summed E-state index contributed by atoms with van der Waals surface area (Å²) >= 11 is 0. The van der Waals surface area contributed by atoms with Gasteiger partial charge in [-0.25, -0.2) is 0 Å². The SMILES string of the molecule is C[C@H]1Cc2ccccc2N1C(=O)CCN1C(=O)c2ccccc2C1=O. The van der Waals surface area contributed by atoms with Crippen LogP contribution < -0.4 is 4.90 Å². The quantitative estimate of drug-likeness (QED) is 0.811. The van der Waals surface area contributed by atoms with Gasteiger partial charge >= 0.3 is 0 Å². The van der Waals surface area contributed by atoms with Crippen LogP contribution in [0.1, 0.15) is 39.6 Å². The van der Waals surface area contributed by atoms with Crippen molar-refractivity contribution in [1.29, 1.82) is 0 Å². The van der Waals surface area contributed by atoms with Crippen LogP contribution in [0.25, 0.3) is 0 Å². The summed E-state index contributed by atoms with van der Waals surface area (Å²) in [5.41, 5.74) is 2.92. The van der Waals surface area contributed by atoms with E-state index in [4.69, 9.17) is 0 Å². The topological polar surface area (TPSA) is 57.7 Å². The van der Waals surface area contributed by atoms with E-state index in [2.05, 4.69) is 0 Å². The summed E-state index contributed by atoms with van der Waals surface area (Å²) in [6.45, 7) is 2.12. The average molecular weight is 334 g/mol. The normalized spacial score (nSPS) is 18.5. The monoisotopic (exact) mass is 334 g/mol. The third-order valence-corrected chi connectivity index (χ3v) is 4.90. The Bertz CT molecular complexity index is 855. The first-order valence-electron chi connectivity index (χ1n) is 8.43. The fourth-order valence-electron chi connectivity index (χ4n) is 3.72. The Hall–Kier alpha value is -2.95. The number of carbonyl (C=O) groups is 3. The molecular weight excluding hydrogens is 316 g/mol. The highest BCUT2D eigenvalue weighted by Crippen LogP contribution is 2.32. The van der Waals surface area contributed by atoms with Gasteiger partial charge in [-0.15, -0.1) is 0 Å². The van der Waals surface area contributed by atoms with Crippen molar-refractivity contribution in [2.24, 2.45) is 0 Å². The van der Waals surface area contributed by atoms with E-state index in [9.17, 15) is 14.4 Å². The first kappa shape index (κ1) is 15.6. The highest BCUT2D eigenvalue weighted by molar-refractivity contribution is 6.21. The maximum Gasteiger partial charge on any atom is 0.261 e. The largest absolute Gasteiger partial charge is 0.309 e. The molecule has 2 heterocycles. The second-order valence-electron chi connectivity index (χ2n) is 6.50. The van der Waals surface area contributed by atoms with Gasteiger partial charge in [0.2, 0.25) is 5.91 Å². The number of fused-ring (bicyclic) bond motifs is 2. The first-order valence-corrected chi connectivity index (χ1v) is 8.43. The van der Waals surface area contributed by atoms with E-state index in [1.807, 2.05) is 31.2 Å².